The molecule has 0 saturated carbocycles. The van der Waals surface area contributed by atoms with Gasteiger partial charge in [-0.1, -0.05) is 31.9 Å². The van der Waals surface area contributed by atoms with Gasteiger partial charge in [0.15, 0.2) is 13.2 Å². The molecule has 0 unspecified atom stereocenters. The van der Waals surface area contributed by atoms with Crippen molar-refractivity contribution in [1.29, 1.82) is 0 Å². The van der Waals surface area contributed by atoms with Crippen molar-refractivity contribution in [2.45, 2.75) is 6.42 Å². The second kappa shape index (κ2) is 21.4. The van der Waals surface area contributed by atoms with Gasteiger partial charge in [-0.15, -0.1) is 0 Å². The largest absolute Gasteiger partial charge is 0.484 e. The molecule has 0 spiro atoms. The molecule has 15 nitrogen and oxygen atoms in total. The van der Waals surface area contributed by atoms with E-state index < -0.39 is 0 Å². The highest BCUT2D eigenvalue weighted by atomic mass is 79.9. The Hall–Kier alpha value is -5.46. The number of benzene rings is 4. The van der Waals surface area contributed by atoms with Gasteiger partial charge in [-0.25, -0.2) is 19.9 Å². The van der Waals surface area contributed by atoms with Crippen LogP contribution in [-0.4, -0.2) is 132 Å². The minimum absolute atomic E-state index is 0.0570. The summed E-state index contributed by atoms with van der Waals surface area (Å²) < 4.78 is 12.9. The predicted octanol–water partition coefficient (Wildman–Crippen LogP) is 6.08. The molecule has 3 N–H and O–H groups in total. The van der Waals surface area contributed by atoms with E-state index in [0.29, 0.717) is 35.4 Å². The van der Waals surface area contributed by atoms with Crippen LogP contribution in [0.15, 0.2) is 106 Å². The van der Waals surface area contributed by atoms with Crippen molar-refractivity contribution in [3.05, 3.63) is 106 Å². The minimum Gasteiger partial charge on any atom is -0.484 e. The maximum Gasteiger partial charge on any atom is 0.262 e. The monoisotopic (exact) mass is 954 g/mol. The summed E-state index contributed by atoms with van der Waals surface area (Å²) in [7, 11) is 2.14. The number of rotatable bonds is 12. The minimum atomic E-state index is -0.236. The van der Waals surface area contributed by atoms with E-state index in [1.807, 2.05) is 79.0 Å². The van der Waals surface area contributed by atoms with Crippen LogP contribution in [0.3, 0.4) is 0 Å². The lowest BCUT2D eigenvalue weighted by Crippen LogP contribution is -2.47. The van der Waals surface area contributed by atoms with E-state index in [1.165, 1.54) is 0 Å². The van der Waals surface area contributed by atoms with Crippen molar-refractivity contribution in [3.8, 4) is 11.5 Å². The summed E-state index contributed by atoms with van der Waals surface area (Å²) in [6, 6.07) is 25.9. The number of aromatic nitrogens is 4. The Morgan fingerprint density at radius 2 is 1.11 bits per heavy atom. The third kappa shape index (κ3) is 12.8. The van der Waals surface area contributed by atoms with Crippen LogP contribution in [0.4, 0.5) is 23.3 Å². The van der Waals surface area contributed by atoms with Gasteiger partial charge in [-0.05, 0) is 105 Å². The highest BCUT2D eigenvalue weighted by Gasteiger charge is 2.19. The number of fused-ring (bicyclic) bond motifs is 2. The van der Waals surface area contributed by atoms with E-state index in [2.05, 4.69) is 84.1 Å². The van der Waals surface area contributed by atoms with Gasteiger partial charge < -0.3 is 39.9 Å². The predicted molar refractivity (Wildman–Crippen MR) is 246 cm³/mol. The highest BCUT2D eigenvalue weighted by Crippen LogP contribution is 2.23. The molecule has 4 heterocycles. The summed E-state index contributed by atoms with van der Waals surface area (Å²) >= 11 is 6.74. The Morgan fingerprint density at radius 1 is 0.639 bits per heavy atom. The fourth-order valence-corrected chi connectivity index (χ4v) is 7.35. The van der Waals surface area contributed by atoms with Crippen LogP contribution in [0.25, 0.3) is 21.8 Å². The van der Waals surface area contributed by atoms with Crippen molar-refractivity contribution < 1.29 is 24.2 Å². The van der Waals surface area contributed by atoms with Crippen LogP contribution in [0.2, 0.25) is 0 Å². The van der Waals surface area contributed by atoms with Crippen LogP contribution in [0.5, 0.6) is 11.5 Å². The molecule has 2 aliphatic rings. The summed E-state index contributed by atoms with van der Waals surface area (Å²) in [4.78, 5) is 51.9. The van der Waals surface area contributed by atoms with Crippen molar-refractivity contribution in [2.24, 2.45) is 0 Å². The van der Waals surface area contributed by atoms with E-state index in [1.54, 1.807) is 18.3 Å². The van der Waals surface area contributed by atoms with Gasteiger partial charge in [0, 0.05) is 95.8 Å². The zero-order chi connectivity index (χ0) is 42.6. The van der Waals surface area contributed by atoms with Crippen molar-refractivity contribution >= 4 is 88.8 Å². The number of halogens is 2. The Kier molecular flexibility index (Phi) is 15.3. The number of piperazine rings is 1. The molecule has 0 bridgehead atoms. The zero-order valence-electron chi connectivity index (χ0n) is 33.8. The Bertz CT molecular complexity index is 2400. The Labute approximate surface area is 371 Å². The number of carbonyl (C=O) groups excluding carboxylic acids is 2. The maximum absolute atomic E-state index is 12.2. The van der Waals surface area contributed by atoms with Crippen LogP contribution in [0.1, 0.15) is 6.42 Å². The van der Waals surface area contributed by atoms with Gasteiger partial charge >= 0.3 is 0 Å². The number of aliphatic hydroxyl groups excluding tert-OH is 1. The quantitative estimate of drug-likeness (QED) is 0.130. The number of anilines is 4. The van der Waals surface area contributed by atoms with E-state index in [4.69, 9.17) is 19.6 Å². The van der Waals surface area contributed by atoms with Crippen molar-refractivity contribution in [1.82, 2.24) is 29.7 Å². The smallest absolute Gasteiger partial charge is 0.262 e. The number of ether oxygens (including phenoxy) is 2. The standard InChI is InChI=1S/C22H24BrN5O3.C22H24BrN5O2/c23-17-1-4-19(5-2-17)31-15-21(30)25-18-3-6-20-16(13-18)14-24-22(26-20)28-9-7-27(8-10-28)11-12-29;1-27-9-2-10-28(12-11-27)22-24-14-16-13-18(5-8-20(16)26-22)25-21(29)15-30-19-6-3-17(23)4-7-19/h1-6,13-14,29H,7-12,15H2,(H,25,30);3-8,13-14H,2,9-12,15H2,1H3,(H,25,29). The fourth-order valence-electron chi connectivity index (χ4n) is 6.82. The van der Waals surface area contributed by atoms with Crippen molar-refractivity contribution in [2.75, 3.05) is 106 Å². The van der Waals surface area contributed by atoms with Gasteiger partial charge in [0.25, 0.3) is 11.8 Å². The molecule has 2 aromatic heterocycles. The molecular weight excluding hydrogens is 908 g/mol. The summed E-state index contributed by atoms with van der Waals surface area (Å²) in [5.41, 5.74) is 3.05. The number of β-amino-alcohol motifs (C(OH)–C–C–N with tert-alkyl or cyclic N) is 1. The lowest BCUT2D eigenvalue weighted by atomic mass is 10.2. The first-order valence-corrected chi connectivity index (χ1v) is 21.7. The number of nitrogens with one attached hydrogen (secondary N) is 2. The summed E-state index contributed by atoms with van der Waals surface area (Å²) in [5.74, 6) is 2.29. The number of hydrogen-bond acceptors (Lipinski definition) is 13. The third-order valence-electron chi connectivity index (χ3n) is 10.1. The summed E-state index contributed by atoms with van der Waals surface area (Å²) in [6.45, 7) is 8.18. The number of likely N-dealkylation sites (N-methyl/N-ethyl adjacent to an activating group) is 1. The van der Waals surface area contributed by atoms with Gasteiger partial charge in [0.05, 0.1) is 17.6 Å². The van der Waals surface area contributed by atoms with Crippen LogP contribution in [0, 0.1) is 0 Å². The first kappa shape index (κ1) is 43.6. The lowest BCUT2D eigenvalue weighted by Gasteiger charge is -2.34. The SMILES string of the molecule is CN1CCCN(c2ncc3cc(NC(=O)COc4ccc(Br)cc4)ccc3n2)CC1.O=C(COc1ccc(Br)cc1)Nc1ccc2nc(N3CCN(CCO)CC3)ncc2c1. The highest BCUT2D eigenvalue weighted by molar-refractivity contribution is 9.10. The molecule has 0 atom stereocenters. The Balaban J connectivity index is 0.000000184. The third-order valence-corrected chi connectivity index (χ3v) is 11.2. The number of nitrogens with zero attached hydrogens (tertiary/aromatic N) is 8. The molecule has 0 radical (unpaired) electrons. The second-order valence-electron chi connectivity index (χ2n) is 14.7. The summed E-state index contributed by atoms with van der Waals surface area (Å²) in [5, 5.41) is 16.5. The van der Waals surface area contributed by atoms with Crippen LogP contribution >= 0.6 is 31.9 Å². The molecule has 2 aliphatic heterocycles. The van der Waals surface area contributed by atoms with E-state index >= 15 is 0 Å². The van der Waals surface area contributed by atoms with Gasteiger partial charge in [0.2, 0.25) is 11.9 Å². The van der Waals surface area contributed by atoms with Gasteiger partial charge in [0.1, 0.15) is 11.5 Å². The normalized spacial score (nSPS) is 14.8. The zero-order valence-corrected chi connectivity index (χ0v) is 37.0. The molecule has 2 fully saturated rings. The van der Waals surface area contributed by atoms with Crippen LogP contribution in [-0.2, 0) is 9.59 Å². The van der Waals surface area contributed by atoms with Crippen molar-refractivity contribution in [3.63, 3.8) is 0 Å². The molecule has 61 heavy (non-hydrogen) atoms. The first-order valence-electron chi connectivity index (χ1n) is 20.1. The lowest BCUT2D eigenvalue weighted by molar-refractivity contribution is -0.118. The topological polar surface area (TPSA) is 161 Å². The molecule has 2 saturated heterocycles. The summed E-state index contributed by atoms with van der Waals surface area (Å²) in [6.07, 6.45) is 4.71. The molecular formula is C44H48Br2N10O5. The van der Waals surface area contributed by atoms with Gasteiger partial charge in [-0.2, -0.15) is 0 Å². The number of aliphatic hydroxyl groups is 1. The molecule has 6 aromatic rings. The molecule has 8 rings (SSSR count). The van der Waals surface area contributed by atoms with E-state index in [-0.39, 0.29) is 31.6 Å². The number of carbonyl (C=O) groups is 2. The molecule has 318 valence electrons. The second-order valence-corrected chi connectivity index (χ2v) is 16.5. The van der Waals surface area contributed by atoms with Gasteiger partial charge in [-0.3, -0.25) is 14.5 Å². The average molecular weight is 957 g/mol. The molecule has 17 heteroatoms. The Morgan fingerprint density at radius 3 is 1.61 bits per heavy atom. The average Bonchev–Trinajstić information content (AvgIpc) is 3.50. The van der Waals surface area contributed by atoms with E-state index in [0.717, 1.165) is 95.5 Å². The van der Waals surface area contributed by atoms with Crippen LogP contribution < -0.4 is 29.9 Å². The molecule has 2 amide bonds. The van der Waals surface area contributed by atoms with E-state index in [9.17, 15) is 9.59 Å². The molecule has 4 aromatic carbocycles. The maximum atomic E-state index is 12.2. The molecule has 0 aliphatic carbocycles. The first-order chi connectivity index (χ1) is 29.7. The number of amides is 2. The fraction of sp³-hybridized carbons (Fsp3) is 0.318. The number of hydrogen-bond donors (Lipinski definition) is 3.